The molecular formula is C15H28N2O2. The summed E-state index contributed by atoms with van der Waals surface area (Å²) in [5.41, 5.74) is -0.397. The average molecular weight is 268 g/mol. The molecule has 110 valence electrons. The van der Waals surface area contributed by atoms with Gasteiger partial charge in [0.1, 0.15) is 5.60 Å². The van der Waals surface area contributed by atoms with Crippen molar-refractivity contribution in [1.29, 1.82) is 0 Å². The Morgan fingerprint density at radius 2 is 1.89 bits per heavy atom. The van der Waals surface area contributed by atoms with Gasteiger partial charge in [-0.15, -0.1) is 0 Å². The van der Waals surface area contributed by atoms with Crippen LogP contribution < -0.4 is 0 Å². The molecule has 3 atom stereocenters. The van der Waals surface area contributed by atoms with Crippen LogP contribution in [0.25, 0.3) is 0 Å². The van der Waals surface area contributed by atoms with Crippen LogP contribution in [0, 0.1) is 11.8 Å². The van der Waals surface area contributed by atoms with E-state index < -0.39 is 5.60 Å². The van der Waals surface area contributed by atoms with Gasteiger partial charge in [0.25, 0.3) is 0 Å². The second-order valence-corrected chi connectivity index (χ2v) is 7.27. The van der Waals surface area contributed by atoms with Gasteiger partial charge in [0.2, 0.25) is 0 Å². The van der Waals surface area contributed by atoms with Crippen LogP contribution in [0.1, 0.15) is 40.0 Å². The maximum atomic E-state index is 12.2. The second kappa shape index (κ2) is 5.31. The van der Waals surface area contributed by atoms with E-state index in [1.54, 1.807) is 0 Å². The third-order valence-electron chi connectivity index (χ3n) is 4.38. The first-order valence-electron chi connectivity index (χ1n) is 7.42. The van der Waals surface area contributed by atoms with Crippen LogP contribution in [0.3, 0.4) is 0 Å². The molecule has 4 heteroatoms. The minimum Gasteiger partial charge on any atom is -0.444 e. The molecule has 2 rings (SSSR count). The summed E-state index contributed by atoms with van der Waals surface area (Å²) < 4.78 is 5.50. The predicted octanol–water partition coefficient (Wildman–Crippen LogP) is 2.58. The van der Waals surface area contributed by atoms with Gasteiger partial charge in [-0.05, 0) is 59.5 Å². The summed E-state index contributed by atoms with van der Waals surface area (Å²) in [7, 11) is 4.31. The van der Waals surface area contributed by atoms with Crippen LogP contribution in [0.4, 0.5) is 4.79 Å². The smallest absolute Gasteiger partial charge is 0.410 e. The highest BCUT2D eigenvalue weighted by molar-refractivity contribution is 5.68. The summed E-state index contributed by atoms with van der Waals surface area (Å²) in [6, 6.07) is 0.617. The number of nitrogens with zero attached hydrogens (tertiary/aromatic N) is 2. The first kappa shape index (κ1) is 14.6. The Balaban J connectivity index is 1.99. The molecule has 19 heavy (non-hydrogen) atoms. The monoisotopic (exact) mass is 268 g/mol. The van der Waals surface area contributed by atoms with E-state index in [0.717, 1.165) is 13.1 Å². The van der Waals surface area contributed by atoms with E-state index in [9.17, 15) is 4.79 Å². The van der Waals surface area contributed by atoms with Gasteiger partial charge in [0.15, 0.2) is 0 Å². The summed E-state index contributed by atoms with van der Waals surface area (Å²) in [5.74, 6) is 1.28. The molecule has 4 nitrogen and oxygen atoms in total. The molecule has 1 saturated carbocycles. The van der Waals surface area contributed by atoms with Crippen molar-refractivity contribution in [3.05, 3.63) is 0 Å². The van der Waals surface area contributed by atoms with Crippen molar-refractivity contribution >= 4 is 6.09 Å². The van der Waals surface area contributed by atoms with Gasteiger partial charge in [-0.25, -0.2) is 4.79 Å². The fourth-order valence-electron chi connectivity index (χ4n) is 3.56. The number of amides is 1. The molecule has 0 N–H and O–H groups in total. The molecule has 2 aliphatic rings. The van der Waals surface area contributed by atoms with E-state index in [1.807, 2.05) is 25.7 Å². The zero-order chi connectivity index (χ0) is 14.2. The quantitative estimate of drug-likeness (QED) is 0.733. The molecule has 1 amide bonds. The maximum absolute atomic E-state index is 12.2. The summed E-state index contributed by atoms with van der Waals surface area (Å²) in [4.78, 5) is 16.4. The number of rotatable bonds is 1. The molecule has 1 aliphatic heterocycles. The maximum Gasteiger partial charge on any atom is 0.410 e. The molecule has 0 aromatic heterocycles. The van der Waals surface area contributed by atoms with Crippen LogP contribution >= 0.6 is 0 Å². The molecule has 1 heterocycles. The lowest BCUT2D eigenvalue weighted by Crippen LogP contribution is -2.42. The Kier molecular flexibility index (Phi) is 4.09. The van der Waals surface area contributed by atoms with Crippen LogP contribution in [-0.2, 0) is 4.74 Å². The topological polar surface area (TPSA) is 32.8 Å². The van der Waals surface area contributed by atoms with E-state index in [0.29, 0.717) is 17.9 Å². The number of carbonyl (C=O) groups excluding carboxylic acids is 1. The second-order valence-electron chi connectivity index (χ2n) is 7.27. The van der Waals surface area contributed by atoms with E-state index >= 15 is 0 Å². The van der Waals surface area contributed by atoms with Crippen LogP contribution in [-0.4, -0.2) is 54.7 Å². The predicted molar refractivity (Wildman–Crippen MR) is 76.1 cm³/mol. The minimum absolute atomic E-state index is 0.139. The lowest BCUT2D eigenvalue weighted by atomic mass is 9.77. The minimum atomic E-state index is -0.397. The number of hydrogen-bond acceptors (Lipinski definition) is 3. The van der Waals surface area contributed by atoms with Gasteiger partial charge in [-0.1, -0.05) is 6.42 Å². The van der Waals surface area contributed by atoms with Crippen LogP contribution in [0.15, 0.2) is 0 Å². The van der Waals surface area contributed by atoms with E-state index in [-0.39, 0.29) is 6.09 Å². The number of fused-ring (bicyclic) bond motifs is 1. The summed E-state index contributed by atoms with van der Waals surface area (Å²) in [6.07, 6.45) is 3.66. The normalized spacial score (nSPS) is 31.5. The summed E-state index contributed by atoms with van der Waals surface area (Å²) in [6.45, 7) is 7.52. The van der Waals surface area contributed by atoms with Crippen molar-refractivity contribution in [2.24, 2.45) is 11.8 Å². The van der Waals surface area contributed by atoms with E-state index in [1.165, 1.54) is 19.3 Å². The first-order chi connectivity index (χ1) is 8.78. The van der Waals surface area contributed by atoms with Gasteiger partial charge in [0.05, 0.1) is 0 Å². The summed E-state index contributed by atoms with van der Waals surface area (Å²) >= 11 is 0. The van der Waals surface area contributed by atoms with Gasteiger partial charge in [-0.2, -0.15) is 0 Å². The highest BCUT2D eigenvalue weighted by Gasteiger charge is 2.43. The van der Waals surface area contributed by atoms with Crippen molar-refractivity contribution in [3.8, 4) is 0 Å². The Labute approximate surface area is 117 Å². The lowest BCUT2D eigenvalue weighted by molar-refractivity contribution is 0.0279. The number of likely N-dealkylation sites (tertiary alicyclic amines) is 1. The largest absolute Gasteiger partial charge is 0.444 e. The van der Waals surface area contributed by atoms with Crippen LogP contribution in [0.5, 0.6) is 0 Å². The van der Waals surface area contributed by atoms with Gasteiger partial charge in [-0.3, -0.25) is 0 Å². The Morgan fingerprint density at radius 3 is 2.47 bits per heavy atom. The zero-order valence-corrected chi connectivity index (χ0v) is 13.0. The standard InChI is InChI=1S/C15H28N2O2/c1-15(2,3)19-14(18)17-9-11-7-6-8-13(16(4)5)12(11)10-17/h11-13H,6-10H2,1-5H3. The highest BCUT2D eigenvalue weighted by Crippen LogP contribution is 2.38. The Hall–Kier alpha value is -0.770. The zero-order valence-electron chi connectivity index (χ0n) is 13.0. The van der Waals surface area contributed by atoms with Crippen molar-refractivity contribution < 1.29 is 9.53 Å². The van der Waals surface area contributed by atoms with Crippen molar-refractivity contribution in [3.63, 3.8) is 0 Å². The third-order valence-corrected chi connectivity index (χ3v) is 4.38. The van der Waals surface area contributed by atoms with Crippen molar-refractivity contribution in [2.75, 3.05) is 27.2 Å². The van der Waals surface area contributed by atoms with Gasteiger partial charge < -0.3 is 14.5 Å². The number of carbonyl (C=O) groups is 1. The molecule has 0 aromatic rings. The molecular weight excluding hydrogens is 240 g/mol. The molecule has 0 spiro atoms. The van der Waals surface area contributed by atoms with Crippen molar-refractivity contribution in [1.82, 2.24) is 9.80 Å². The molecule has 3 unspecified atom stereocenters. The van der Waals surface area contributed by atoms with E-state index in [2.05, 4.69) is 19.0 Å². The molecule has 1 saturated heterocycles. The molecule has 0 aromatic carbocycles. The third kappa shape index (κ3) is 3.41. The average Bonchev–Trinajstić information content (AvgIpc) is 2.69. The van der Waals surface area contributed by atoms with Gasteiger partial charge in [0, 0.05) is 19.1 Å². The number of hydrogen-bond donors (Lipinski definition) is 0. The Bertz CT molecular complexity index is 336. The van der Waals surface area contributed by atoms with Crippen LogP contribution in [0.2, 0.25) is 0 Å². The lowest BCUT2D eigenvalue weighted by Gasteiger charge is -2.37. The molecule has 0 bridgehead atoms. The fourth-order valence-corrected chi connectivity index (χ4v) is 3.56. The molecule has 2 fully saturated rings. The Morgan fingerprint density at radius 1 is 1.21 bits per heavy atom. The first-order valence-corrected chi connectivity index (χ1v) is 7.42. The summed E-state index contributed by atoms with van der Waals surface area (Å²) in [5, 5.41) is 0. The highest BCUT2D eigenvalue weighted by atomic mass is 16.6. The van der Waals surface area contributed by atoms with E-state index in [4.69, 9.17) is 4.74 Å². The number of ether oxygens (including phenoxy) is 1. The molecule has 1 aliphatic carbocycles. The van der Waals surface area contributed by atoms with Gasteiger partial charge >= 0.3 is 6.09 Å². The SMILES string of the molecule is CN(C)C1CCCC2CN(C(=O)OC(C)(C)C)CC21. The molecule has 0 radical (unpaired) electrons. The van der Waals surface area contributed by atoms with Crippen molar-refractivity contribution in [2.45, 2.75) is 51.7 Å². The fraction of sp³-hybridized carbons (Fsp3) is 0.933.